The van der Waals surface area contributed by atoms with Gasteiger partial charge in [0.25, 0.3) is 0 Å². The minimum absolute atomic E-state index is 0.0504. The molecule has 1 aliphatic carbocycles. The van der Waals surface area contributed by atoms with E-state index < -0.39 is 0 Å². The van der Waals surface area contributed by atoms with Crippen molar-refractivity contribution in [2.45, 2.75) is 27.7 Å². The molecular weight excluding hydrogens is 760 g/mol. The van der Waals surface area contributed by atoms with Crippen molar-refractivity contribution in [3.63, 3.8) is 0 Å². The van der Waals surface area contributed by atoms with Crippen LogP contribution in [0.4, 0.5) is 0 Å². The molecule has 0 N–H and O–H groups in total. The van der Waals surface area contributed by atoms with Crippen molar-refractivity contribution in [3.05, 3.63) is 116 Å². The standard InChI is InChI=1S/C41H46Br2N2O5/c1-5-44(6-2,27-39(46)29-9-13-31(42)14-10-29)21-23-49-33-17-19-35-36-20-18-34(26-38(36)41(48)37(35)25-33)50-24-22-45(7-3,8-4)28-40(47)30-11-15-32(43)16-12-30/h9-20,25-26H,5-8,21-24,27-28H2,1-4H3/q+2. The van der Waals surface area contributed by atoms with E-state index in [0.717, 1.165) is 46.3 Å². The third-order valence-corrected chi connectivity index (χ3v) is 11.5. The quantitative estimate of drug-likeness (QED) is 0.0656. The molecule has 0 radical (unpaired) electrons. The van der Waals surface area contributed by atoms with Crippen molar-refractivity contribution in [3.8, 4) is 22.6 Å². The Kier molecular flexibility index (Phi) is 12.5. The predicted octanol–water partition coefficient (Wildman–Crippen LogP) is 8.66. The van der Waals surface area contributed by atoms with E-state index in [-0.39, 0.29) is 17.3 Å². The number of hydrogen-bond donors (Lipinski definition) is 0. The molecule has 7 nitrogen and oxygen atoms in total. The largest absolute Gasteiger partial charge is 0.488 e. The van der Waals surface area contributed by atoms with Gasteiger partial charge in [0.15, 0.2) is 5.78 Å². The zero-order valence-electron chi connectivity index (χ0n) is 29.3. The number of rotatable bonds is 18. The van der Waals surface area contributed by atoms with Gasteiger partial charge in [0.05, 0.1) is 26.2 Å². The van der Waals surface area contributed by atoms with Gasteiger partial charge in [0.2, 0.25) is 11.6 Å². The van der Waals surface area contributed by atoms with Crippen LogP contribution in [0.25, 0.3) is 11.1 Å². The summed E-state index contributed by atoms with van der Waals surface area (Å²) in [5.74, 6) is 1.46. The summed E-state index contributed by atoms with van der Waals surface area (Å²) in [6, 6.07) is 26.4. The highest BCUT2D eigenvalue weighted by molar-refractivity contribution is 9.10. The fourth-order valence-electron chi connectivity index (χ4n) is 6.68. The maximum absolute atomic E-state index is 13.6. The first-order valence-electron chi connectivity index (χ1n) is 17.4. The van der Waals surface area contributed by atoms with Crippen LogP contribution in [0.2, 0.25) is 0 Å². The molecule has 4 aromatic carbocycles. The van der Waals surface area contributed by atoms with Crippen molar-refractivity contribution in [2.75, 3.05) is 65.6 Å². The van der Waals surface area contributed by atoms with E-state index in [1.807, 2.05) is 84.9 Å². The lowest BCUT2D eigenvalue weighted by atomic mass is 10.1. The number of carbonyl (C=O) groups excluding carboxylic acids is 3. The van der Waals surface area contributed by atoms with Crippen molar-refractivity contribution in [1.29, 1.82) is 0 Å². The molecule has 0 unspecified atom stereocenters. The summed E-state index contributed by atoms with van der Waals surface area (Å²) in [6.45, 7) is 14.7. The molecule has 5 rings (SSSR count). The van der Waals surface area contributed by atoms with Crippen molar-refractivity contribution < 1.29 is 32.8 Å². The zero-order valence-corrected chi connectivity index (χ0v) is 32.5. The molecule has 1 aliphatic rings. The second-order valence-electron chi connectivity index (χ2n) is 13.0. The lowest BCUT2D eigenvalue weighted by Crippen LogP contribution is -2.53. The molecule has 0 atom stereocenters. The molecule has 0 aliphatic heterocycles. The van der Waals surface area contributed by atoms with Crippen LogP contribution < -0.4 is 9.47 Å². The fraction of sp³-hybridized carbons (Fsp3) is 0.341. The van der Waals surface area contributed by atoms with Gasteiger partial charge in [0, 0.05) is 31.2 Å². The van der Waals surface area contributed by atoms with Gasteiger partial charge in [0.1, 0.15) is 50.9 Å². The van der Waals surface area contributed by atoms with E-state index in [0.29, 0.717) is 82.1 Å². The summed E-state index contributed by atoms with van der Waals surface area (Å²) >= 11 is 6.87. The minimum Gasteiger partial charge on any atom is -0.488 e. The molecule has 0 saturated heterocycles. The predicted molar refractivity (Wildman–Crippen MR) is 205 cm³/mol. The molecule has 0 bridgehead atoms. The Morgan fingerprint density at radius 2 is 0.900 bits per heavy atom. The molecule has 4 aromatic rings. The van der Waals surface area contributed by atoms with Crippen LogP contribution >= 0.6 is 31.9 Å². The summed E-state index contributed by atoms with van der Waals surface area (Å²) < 4.78 is 15.5. The van der Waals surface area contributed by atoms with Crippen LogP contribution in [0.1, 0.15) is 64.3 Å². The van der Waals surface area contributed by atoms with E-state index >= 15 is 0 Å². The number of ketones is 3. The Hall–Kier alpha value is -3.63. The molecule has 0 amide bonds. The zero-order chi connectivity index (χ0) is 35.9. The van der Waals surface area contributed by atoms with Crippen LogP contribution in [0.15, 0.2) is 93.9 Å². The summed E-state index contributed by atoms with van der Waals surface area (Å²) in [7, 11) is 0. The van der Waals surface area contributed by atoms with E-state index in [4.69, 9.17) is 9.47 Å². The smallest absolute Gasteiger partial charge is 0.216 e. The van der Waals surface area contributed by atoms with Gasteiger partial charge in [-0.2, -0.15) is 0 Å². The van der Waals surface area contributed by atoms with Crippen molar-refractivity contribution in [2.24, 2.45) is 0 Å². The average molecular weight is 807 g/mol. The normalized spacial score (nSPS) is 12.4. The maximum Gasteiger partial charge on any atom is 0.216 e. The monoisotopic (exact) mass is 804 g/mol. The first kappa shape index (κ1) is 37.6. The summed E-state index contributed by atoms with van der Waals surface area (Å²) in [4.78, 5) is 39.8. The molecular formula is C41H46Br2N2O5+2. The number of carbonyl (C=O) groups is 3. The number of Topliss-reactive ketones (excluding diaryl/α,β-unsaturated/α-hetero) is 2. The van der Waals surface area contributed by atoms with Gasteiger partial charge in [-0.25, -0.2) is 0 Å². The SMILES string of the molecule is CC[N+](CC)(CCOc1ccc2c(c1)C(=O)c1cc(OCC[N+](CC)(CC)CC(=O)c3ccc(Br)cc3)ccc1-2)CC(=O)c1ccc(Br)cc1. The number of nitrogens with zero attached hydrogens (tertiary/aromatic N) is 2. The molecule has 9 heteroatoms. The Labute approximate surface area is 312 Å². The third-order valence-electron chi connectivity index (χ3n) is 10.4. The van der Waals surface area contributed by atoms with Gasteiger partial charge in [-0.3, -0.25) is 14.4 Å². The number of halogens is 2. The minimum atomic E-state index is -0.0504. The van der Waals surface area contributed by atoms with Crippen LogP contribution in [-0.4, -0.2) is 91.9 Å². The molecule has 50 heavy (non-hydrogen) atoms. The number of fused-ring (bicyclic) bond motifs is 3. The lowest BCUT2D eigenvalue weighted by molar-refractivity contribution is -0.917. The molecule has 262 valence electrons. The van der Waals surface area contributed by atoms with Crippen LogP contribution in [0.3, 0.4) is 0 Å². The van der Waals surface area contributed by atoms with Crippen LogP contribution in [-0.2, 0) is 0 Å². The summed E-state index contributed by atoms with van der Waals surface area (Å²) in [6.07, 6.45) is 0. The highest BCUT2D eigenvalue weighted by atomic mass is 79.9. The molecule has 0 saturated carbocycles. The Balaban J connectivity index is 1.19. The molecule has 0 aromatic heterocycles. The number of quaternary nitrogens is 2. The number of likely N-dealkylation sites (N-methyl/N-ethyl adjacent to an activating group) is 2. The summed E-state index contributed by atoms with van der Waals surface area (Å²) in [5, 5.41) is 0. The van der Waals surface area contributed by atoms with Gasteiger partial charge in [-0.1, -0.05) is 56.1 Å². The van der Waals surface area contributed by atoms with Gasteiger partial charge in [-0.15, -0.1) is 0 Å². The second-order valence-corrected chi connectivity index (χ2v) is 14.8. The Bertz CT molecular complexity index is 1700. The highest BCUT2D eigenvalue weighted by Crippen LogP contribution is 2.40. The first-order chi connectivity index (χ1) is 24.0. The lowest BCUT2D eigenvalue weighted by Gasteiger charge is -2.36. The van der Waals surface area contributed by atoms with E-state index in [2.05, 4.69) is 59.6 Å². The maximum atomic E-state index is 13.6. The van der Waals surface area contributed by atoms with Crippen LogP contribution in [0.5, 0.6) is 11.5 Å². The number of ether oxygens (including phenoxy) is 2. The van der Waals surface area contributed by atoms with Gasteiger partial charge in [-0.05, 0) is 99.5 Å². The van der Waals surface area contributed by atoms with Crippen molar-refractivity contribution in [1.82, 2.24) is 0 Å². The average Bonchev–Trinajstić information content (AvgIpc) is 3.41. The summed E-state index contributed by atoms with van der Waals surface area (Å²) in [5.41, 5.74) is 4.42. The van der Waals surface area contributed by atoms with Gasteiger partial charge >= 0.3 is 0 Å². The van der Waals surface area contributed by atoms with Gasteiger partial charge < -0.3 is 18.4 Å². The first-order valence-corrected chi connectivity index (χ1v) is 19.0. The topological polar surface area (TPSA) is 69.7 Å². The Morgan fingerprint density at radius 3 is 1.24 bits per heavy atom. The van der Waals surface area contributed by atoms with E-state index in [1.165, 1.54) is 0 Å². The number of benzene rings is 4. The van der Waals surface area contributed by atoms with E-state index in [1.54, 1.807) is 0 Å². The molecule has 0 spiro atoms. The highest BCUT2D eigenvalue weighted by Gasteiger charge is 2.31. The van der Waals surface area contributed by atoms with Crippen LogP contribution in [0, 0.1) is 0 Å². The second kappa shape index (κ2) is 16.6. The fourth-order valence-corrected chi connectivity index (χ4v) is 7.21. The third kappa shape index (κ3) is 8.62. The van der Waals surface area contributed by atoms with Crippen molar-refractivity contribution >= 4 is 49.2 Å². The molecule has 0 fully saturated rings. The van der Waals surface area contributed by atoms with E-state index in [9.17, 15) is 14.4 Å². The molecule has 0 heterocycles. The number of hydrogen-bond acceptors (Lipinski definition) is 5. The Morgan fingerprint density at radius 1 is 0.540 bits per heavy atom.